The van der Waals surface area contributed by atoms with Crippen molar-refractivity contribution in [3.05, 3.63) is 165 Å². The molecule has 49 heavy (non-hydrogen) atoms. The Morgan fingerprint density at radius 1 is 0.755 bits per heavy atom. The van der Waals surface area contributed by atoms with Gasteiger partial charge in [0.1, 0.15) is 23.5 Å². The number of aliphatic imine (C=N–C) groups is 2. The number of benzene rings is 3. The van der Waals surface area contributed by atoms with E-state index in [4.69, 9.17) is 14.7 Å². The van der Waals surface area contributed by atoms with Gasteiger partial charge in [-0.25, -0.2) is 9.98 Å². The second kappa shape index (κ2) is 11.9. The topological polar surface area (TPSA) is 46.0 Å². The minimum Gasteiger partial charge on any atom is -0.493 e. The molecule has 2 aliphatic heterocycles. The lowest BCUT2D eigenvalue weighted by Gasteiger charge is -2.38. The first-order valence-corrected chi connectivity index (χ1v) is 18.3. The van der Waals surface area contributed by atoms with Crippen LogP contribution in [0.4, 0.5) is 0 Å². The molecular formula is C45H41N3O. The molecule has 7 aliphatic rings. The first-order chi connectivity index (χ1) is 24.2. The van der Waals surface area contributed by atoms with E-state index >= 15 is 0 Å². The van der Waals surface area contributed by atoms with E-state index in [1.54, 1.807) is 27.9 Å². The summed E-state index contributed by atoms with van der Waals surface area (Å²) >= 11 is 0. The first kappa shape index (κ1) is 29.0. The van der Waals surface area contributed by atoms with Gasteiger partial charge in [-0.05, 0) is 84.9 Å². The van der Waals surface area contributed by atoms with Gasteiger partial charge in [-0.2, -0.15) is 0 Å². The number of hydrogen-bond acceptors (Lipinski definition) is 4. The summed E-state index contributed by atoms with van der Waals surface area (Å²) in [5.74, 6) is 3.87. The monoisotopic (exact) mass is 639 g/mol. The highest BCUT2D eigenvalue weighted by Crippen LogP contribution is 2.53. The molecule has 4 unspecified atom stereocenters. The smallest absolute Gasteiger partial charge is 0.169 e. The van der Waals surface area contributed by atoms with Gasteiger partial charge >= 0.3 is 0 Å². The van der Waals surface area contributed by atoms with E-state index in [9.17, 15) is 0 Å². The number of hydrogen-bond donors (Lipinski definition) is 1. The summed E-state index contributed by atoms with van der Waals surface area (Å²) in [5, 5.41) is 6.06. The van der Waals surface area contributed by atoms with Gasteiger partial charge in [-0.3, -0.25) is 0 Å². The highest BCUT2D eigenvalue weighted by atomic mass is 16.5. The number of rotatable bonds is 4. The Labute approximate surface area is 288 Å². The highest BCUT2D eigenvalue weighted by molar-refractivity contribution is 6.16. The predicted molar refractivity (Wildman–Crippen MR) is 199 cm³/mol. The summed E-state index contributed by atoms with van der Waals surface area (Å²) in [4.78, 5) is 10.3. The second-order valence-corrected chi connectivity index (χ2v) is 14.5. The molecule has 0 aromatic heterocycles. The third kappa shape index (κ3) is 5.12. The van der Waals surface area contributed by atoms with E-state index in [0.717, 1.165) is 54.1 Å². The second-order valence-electron chi connectivity index (χ2n) is 14.5. The maximum atomic E-state index is 6.61. The van der Waals surface area contributed by atoms with Gasteiger partial charge < -0.3 is 10.1 Å². The van der Waals surface area contributed by atoms with Crippen molar-refractivity contribution in [2.24, 2.45) is 21.8 Å². The molecule has 4 atom stereocenters. The Kier molecular flexibility index (Phi) is 7.03. The van der Waals surface area contributed by atoms with Crippen LogP contribution in [0.25, 0.3) is 10.8 Å². The van der Waals surface area contributed by atoms with Crippen LogP contribution in [0.15, 0.2) is 164 Å². The number of allylic oxidation sites excluding steroid dienone is 10. The predicted octanol–water partition coefficient (Wildman–Crippen LogP) is 10.3. The van der Waals surface area contributed by atoms with Crippen molar-refractivity contribution < 1.29 is 4.74 Å². The van der Waals surface area contributed by atoms with Crippen LogP contribution < -0.4 is 5.32 Å². The molecule has 0 saturated carbocycles. The third-order valence-electron chi connectivity index (χ3n) is 11.7. The maximum absolute atomic E-state index is 6.61. The first-order valence-electron chi connectivity index (χ1n) is 18.3. The summed E-state index contributed by atoms with van der Waals surface area (Å²) in [5.41, 5.74) is 13.0. The van der Waals surface area contributed by atoms with Crippen LogP contribution in [0.5, 0.6) is 0 Å². The van der Waals surface area contributed by atoms with Crippen LogP contribution >= 0.6 is 0 Å². The van der Waals surface area contributed by atoms with Gasteiger partial charge in [0.2, 0.25) is 0 Å². The van der Waals surface area contributed by atoms with Gasteiger partial charge in [-0.15, -0.1) is 0 Å². The SMILES string of the molecule is C1=CC2=C(CC1)OC1CCC3=C(C4=C(CCC(C5C=CC(C6=NC(c7ccc8ccccc8c7)N=C(c7ccccc7)N6)=CC5)=C4)CC3)C21. The zero-order chi connectivity index (χ0) is 32.3. The third-order valence-corrected chi connectivity index (χ3v) is 11.7. The molecular weight excluding hydrogens is 599 g/mol. The minimum absolute atomic E-state index is 0.309. The van der Waals surface area contributed by atoms with E-state index in [1.165, 1.54) is 54.2 Å². The van der Waals surface area contributed by atoms with Crippen LogP contribution in [0.2, 0.25) is 0 Å². The summed E-state index contributed by atoms with van der Waals surface area (Å²) in [6.45, 7) is 0. The fraction of sp³-hybridized carbons (Fsp3) is 0.289. The lowest BCUT2D eigenvalue weighted by Crippen LogP contribution is -2.36. The largest absolute Gasteiger partial charge is 0.493 e. The van der Waals surface area contributed by atoms with Crippen molar-refractivity contribution in [1.29, 1.82) is 0 Å². The van der Waals surface area contributed by atoms with Crippen LogP contribution in [0, 0.1) is 11.8 Å². The Hall–Kier alpha value is -4.96. The van der Waals surface area contributed by atoms with E-state index in [1.807, 2.05) is 0 Å². The van der Waals surface area contributed by atoms with Gasteiger partial charge in [0.05, 0.1) is 0 Å². The van der Waals surface area contributed by atoms with E-state index in [0.29, 0.717) is 17.9 Å². The molecule has 0 fully saturated rings. The zero-order valence-electron chi connectivity index (χ0n) is 27.9. The maximum Gasteiger partial charge on any atom is 0.169 e. The summed E-state index contributed by atoms with van der Waals surface area (Å²) in [6.07, 6.45) is 24.8. The van der Waals surface area contributed by atoms with Crippen LogP contribution in [0.1, 0.15) is 75.1 Å². The lowest BCUT2D eigenvalue weighted by molar-refractivity contribution is 0.103. The van der Waals surface area contributed by atoms with Crippen molar-refractivity contribution in [3.8, 4) is 0 Å². The van der Waals surface area contributed by atoms with Crippen molar-refractivity contribution in [1.82, 2.24) is 5.32 Å². The molecule has 3 aromatic carbocycles. The van der Waals surface area contributed by atoms with Gasteiger partial charge in [-0.1, -0.05) is 120 Å². The number of nitrogens with one attached hydrogen (secondary N) is 1. The molecule has 2 heterocycles. The van der Waals surface area contributed by atoms with Crippen molar-refractivity contribution >= 4 is 22.4 Å². The van der Waals surface area contributed by atoms with Crippen LogP contribution in [-0.4, -0.2) is 17.8 Å². The molecule has 3 aromatic rings. The number of nitrogens with zero attached hydrogens (tertiary/aromatic N) is 2. The molecule has 0 bridgehead atoms. The Morgan fingerprint density at radius 2 is 1.59 bits per heavy atom. The Bertz CT molecular complexity index is 2170. The van der Waals surface area contributed by atoms with Gasteiger partial charge in [0.25, 0.3) is 0 Å². The average molecular weight is 640 g/mol. The van der Waals surface area contributed by atoms with Gasteiger partial charge in [0.15, 0.2) is 6.17 Å². The average Bonchev–Trinajstić information content (AvgIpc) is 3.56. The molecule has 5 aliphatic carbocycles. The van der Waals surface area contributed by atoms with E-state index in [-0.39, 0.29) is 6.17 Å². The standard InChI is InChI=1S/C45H41N3O/c1-2-9-32(10-3-1)43-46-44(48-45(47-43)36-23-16-28-8-4-5-11-34(28)26-36)33-20-14-29(15-21-33)35-22-18-30-17-19-31-24-25-40-42(41(31)38(30)27-35)37-12-6-7-13-39(37)49-40/h1-6,8-12,14,16,20-21,23,26-27,29,40,42,45H,7,13,15,17-19,22,24-25H2,(H,46,47,48). The molecule has 0 radical (unpaired) electrons. The molecule has 0 saturated heterocycles. The zero-order valence-corrected chi connectivity index (χ0v) is 27.9. The highest BCUT2D eigenvalue weighted by Gasteiger charge is 2.44. The van der Waals surface area contributed by atoms with Crippen LogP contribution in [-0.2, 0) is 4.74 Å². The Balaban J connectivity index is 0.939. The molecule has 10 rings (SSSR count). The summed E-state index contributed by atoms with van der Waals surface area (Å²) < 4.78 is 6.61. The van der Waals surface area contributed by atoms with Crippen molar-refractivity contribution in [2.45, 2.75) is 70.1 Å². The van der Waals surface area contributed by atoms with E-state index < -0.39 is 0 Å². The number of amidine groups is 2. The van der Waals surface area contributed by atoms with Crippen molar-refractivity contribution in [3.63, 3.8) is 0 Å². The minimum atomic E-state index is -0.309. The summed E-state index contributed by atoms with van der Waals surface area (Å²) in [7, 11) is 0. The van der Waals surface area contributed by atoms with Gasteiger partial charge in [0, 0.05) is 35.0 Å². The molecule has 1 N–H and O–H groups in total. The number of ether oxygens (including phenoxy) is 1. The fourth-order valence-electron chi connectivity index (χ4n) is 9.21. The van der Waals surface area contributed by atoms with Crippen molar-refractivity contribution in [2.75, 3.05) is 0 Å². The lowest BCUT2D eigenvalue weighted by atomic mass is 9.67. The molecule has 4 heteroatoms. The quantitative estimate of drug-likeness (QED) is 0.309. The van der Waals surface area contributed by atoms with Crippen LogP contribution in [0.3, 0.4) is 0 Å². The fourth-order valence-corrected chi connectivity index (χ4v) is 9.21. The Morgan fingerprint density at radius 3 is 2.49 bits per heavy atom. The number of fused-ring (bicyclic) bond motifs is 5. The summed E-state index contributed by atoms with van der Waals surface area (Å²) in [6, 6.07) is 25.5. The van der Waals surface area contributed by atoms with E-state index in [2.05, 4.69) is 115 Å². The molecule has 0 amide bonds. The molecule has 4 nitrogen and oxygen atoms in total. The normalized spacial score (nSPS) is 27.3. The molecule has 0 spiro atoms. The molecule has 242 valence electrons.